The summed E-state index contributed by atoms with van der Waals surface area (Å²) < 4.78 is 20.7. The predicted octanol–water partition coefficient (Wildman–Crippen LogP) is 3.60. The standard InChI is InChI=1S/C19H19FN2O/c20-16-4-6-17(7-5-16)22-9-8-18-15(2-1-3-19(18)22)14-21-10-12-23-13-11-21/h1-9H,10-14H2. The van der Waals surface area contributed by atoms with E-state index in [4.69, 9.17) is 4.74 Å². The van der Waals surface area contributed by atoms with Crippen molar-refractivity contribution < 1.29 is 9.13 Å². The van der Waals surface area contributed by atoms with Crippen LogP contribution in [0.5, 0.6) is 0 Å². The molecule has 3 nitrogen and oxygen atoms in total. The van der Waals surface area contributed by atoms with E-state index in [1.54, 1.807) is 0 Å². The molecule has 2 heterocycles. The second-order valence-electron chi connectivity index (χ2n) is 5.90. The van der Waals surface area contributed by atoms with E-state index >= 15 is 0 Å². The van der Waals surface area contributed by atoms with Gasteiger partial charge in [-0.2, -0.15) is 0 Å². The molecule has 1 aromatic heterocycles. The SMILES string of the molecule is Fc1ccc(-n2ccc3c(CN4CCOCC4)cccc32)cc1. The average Bonchev–Trinajstić information content (AvgIpc) is 3.02. The van der Waals surface area contributed by atoms with Crippen molar-refractivity contribution >= 4 is 10.9 Å². The molecule has 0 saturated carbocycles. The summed E-state index contributed by atoms with van der Waals surface area (Å²) >= 11 is 0. The van der Waals surface area contributed by atoms with Crippen LogP contribution in [0.3, 0.4) is 0 Å². The van der Waals surface area contributed by atoms with Crippen LogP contribution in [0.1, 0.15) is 5.56 Å². The van der Waals surface area contributed by atoms with Gasteiger partial charge in [-0.25, -0.2) is 4.39 Å². The fourth-order valence-corrected chi connectivity index (χ4v) is 3.20. The second-order valence-corrected chi connectivity index (χ2v) is 5.90. The molecule has 0 N–H and O–H groups in total. The topological polar surface area (TPSA) is 17.4 Å². The third-order valence-corrected chi connectivity index (χ3v) is 4.43. The van der Waals surface area contributed by atoms with Crippen LogP contribution in [0.2, 0.25) is 0 Å². The van der Waals surface area contributed by atoms with Crippen LogP contribution < -0.4 is 0 Å². The van der Waals surface area contributed by atoms with Crippen LogP contribution in [0.15, 0.2) is 54.7 Å². The van der Waals surface area contributed by atoms with Crippen molar-refractivity contribution in [2.45, 2.75) is 6.54 Å². The monoisotopic (exact) mass is 310 g/mol. The molecule has 0 spiro atoms. The van der Waals surface area contributed by atoms with E-state index in [2.05, 4.69) is 39.9 Å². The Morgan fingerprint density at radius 3 is 2.52 bits per heavy atom. The van der Waals surface area contributed by atoms with Crippen LogP contribution in [0.4, 0.5) is 4.39 Å². The third kappa shape index (κ3) is 2.87. The summed E-state index contributed by atoms with van der Waals surface area (Å²) in [5, 5.41) is 1.25. The van der Waals surface area contributed by atoms with Crippen molar-refractivity contribution in [3.8, 4) is 5.69 Å². The zero-order valence-electron chi connectivity index (χ0n) is 12.9. The van der Waals surface area contributed by atoms with Crippen LogP contribution >= 0.6 is 0 Å². The third-order valence-electron chi connectivity index (χ3n) is 4.43. The van der Waals surface area contributed by atoms with Crippen molar-refractivity contribution in [1.29, 1.82) is 0 Å². The first-order chi connectivity index (χ1) is 11.3. The predicted molar refractivity (Wildman–Crippen MR) is 89.3 cm³/mol. The van der Waals surface area contributed by atoms with Gasteiger partial charge in [-0.05, 0) is 42.0 Å². The lowest BCUT2D eigenvalue weighted by molar-refractivity contribution is 0.0344. The van der Waals surface area contributed by atoms with Crippen molar-refractivity contribution in [2.75, 3.05) is 26.3 Å². The molecule has 0 amide bonds. The Hall–Kier alpha value is -2.17. The Labute approximate surface area is 134 Å². The van der Waals surface area contributed by atoms with E-state index in [0.717, 1.165) is 44.1 Å². The largest absolute Gasteiger partial charge is 0.379 e. The molecule has 0 bridgehead atoms. The molecule has 1 aliphatic rings. The van der Waals surface area contributed by atoms with Crippen LogP contribution in [-0.4, -0.2) is 35.8 Å². The number of ether oxygens (including phenoxy) is 1. The first-order valence-electron chi connectivity index (χ1n) is 7.96. The van der Waals surface area contributed by atoms with E-state index in [-0.39, 0.29) is 5.82 Å². The molecule has 1 saturated heterocycles. The molecular formula is C19H19FN2O. The number of benzene rings is 2. The molecule has 1 aliphatic heterocycles. The van der Waals surface area contributed by atoms with Gasteiger partial charge in [0.2, 0.25) is 0 Å². The summed E-state index contributed by atoms with van der Waals surface area (Å²) in [6.45, 7) is 4.53. The molecule has 4 heteroatoms. The number of halogens is 1. The van der Waals surface area contributed by atoms with Crippen molar-refractivity contribution in [1.82, 2.24) is 9.47 Å². The van der Waals surface area contributed by atoms with E-state index in [9.17, 15) is 4.39 Å². The smallest absolute Gasteiger partial charge is 0.123 e. The zero-order chi connectivity index (χ0) is 15.6. The molecule has 23 heavy (non-hydrogen) atoms. The summed E-state index contributed by atoms with van der Waals surface area (Å²) in [5.41, 5.74) is 3.46. The maximum Gasteiger partial charge on any atom is 0.123 e. The average molecular weight is 310 g/mol. The fraction of sp³-hybridized carbons (Fsp3) is 0.263. The van der Waals surface area contributed by atoms with Gasteiger partial charge < -0.3 is 9.30 Å². The zero-order valence-corrected chi connectivity index (χ0v) is 12.9. The summed E-state index contributed by atoms with van der Waals surface area (Å²) in [5.74, 6) is -0.210. The van der Waals surface area contributed by atoms with Crippen molar-refractivity contribution in [3.05, 3.63) is 66.1 Å². The van der Waals surface area contributed by atoms with Crippen molar-refractivity contribution in [3.63, 3.8) is 0 Å². The number of aromatic nitrogens is 1. The Morgan fingerprint density at radius 1 is 0.957 bits per heavy atom. The van der Waals surface area contributed by atoms with E-state index in [1.807, 2.05) is 12.1 Å². The Kier molecular flexibility index (Phi) is 3.85. The Balaban J connectivity index is 1.69. The van der Waals surface area contributed by atoms with Gasteiger partial charge in [-0.1, -0.05) is 12.1 Å². The van der Waals surface area contributed by atoms with Gasteiger partial charge in [0.15, 0.2) is 0 Å². The molecule has 0 atom stereocenters. The highest BCUT2D eigenvalue weighted by Crippen LogP contribution is 2.25. The molecule has 4 rings (SSSR count). The number of hydrogen-bond donors (Lipinski definition) is 0. The molecular weight excluding hydrogens is 291 g/mol. The molecule has 0 aliphatic carbocycles. The summed E-state index contributed by atoms with van der Waals surface area (Å²) in [6, 6.07) is 15.2. The van der Waals surface area contributed by atoms with Gasteiger partial charge in [0.25, 0.3) is 0 Å². The minimum atomic E-state index is -0.210. The fourth-order valence-electron chi connectivity index (χ4n) is 3.20. The minimum absolute atomic E-state index is 0.210. The van der Waals surface area contributed by atoms with E-state index in [0.29, 0.717) is 0 Å². The lowest BCUT2D eigenvalue weighted by atomic mass is 10.1. The van der Waals surface area contributed by atoms with Gasteiger partial charge in [-0.15, -0.1) is 0 Å². The number of morpholine rings is 1. The van der Waals surface area contributed by atoms with Crippen LogP contribution in [-0.2, 0) is 11.3 Å². The first-order valence-corrected chi connectivity index (χ1v) is 7.96. The van der Waals surface area contributed by atoms with E-state index < -0.39 is 0 Å². The highest BCUT2D eigenvalue weighted by molar-refractivity contribution is 5.85. The molecule has 2 aromatic carbocycles. The van der Waals surface area contributed by atoms with Gasteiger partial charge in [0.05, 0.1) is 18.7 Å². The normalized spacial score (nSPS) is 16.0. The maximum atomic E-state index is 13.1. The Morgan fingerprint density at radius 2 is 1.74 bits per heavy atom. The van der Waals surface area contributed by atoms with Crippen LogP contribution in [0.25, 0.3) is 16.6 Å². The summed E-state index contributed by atoms with van der Waals surface area (Å²) in [6.07, 6.45) is 2.06. The first kappa shape index (κ1) is 14.4. The van der Waals surface area contributed by atoms with Crippen molar-refractivity contribution in [2.24, 2.45) is 0 Å². The quantitative estimate of drug-likeness (QED) is 0.735. The van der Waals surface area contributed by atoms with Crippen LogP contribution in [0, 0.1) is 5.82 Å². The number of rotatable bonds is 3. The lowest BCUT2D eigenvalue weighted by Crippen LogP contribution is -2.35. The number of fused-ring (bicyclic) bond motifs is 1. The number of nitrogens with zero attached hydrogens (tertiary/aromatic N) is 2. The van der Waals surface area contributed by atoms with Gasteiger partial charge in [0.1, 0.15) is 5.82 Å². The van der Waals surface area contributed by atoms with Gasteiger partial charge in [-0.3, -0.25) is 4.90 Å². The van der Waals surface area contributed by atoms with E-state index in [1.165, 1.54) is 23.1 Å². The highest BCUT2D eigenvalue weighted by Gasteiger charge is 2.13. The number of hydrogen-bond acceptors (Lipinski definition) is 2. The second kappa shape index (κ2) is 6.14. The maximum absolute atomic E-state index is 13.1. The summed E-state index contributed by atoms with van der Waals surface area (Å²) in [4.78, 5) is 2.42. The van der Waals surface area contributed by atoms with Gasteiger partial charge in [0, 0.05) is 36.9 Å². The minimum Gasteiger partial charge on any atom is -0.379 e. The molecule has 1 fully saturated rings. The molecule has 0 radical (unpaired) electrons. The van der Waals surface area contributed by atoms with Gasteiger partial charge >= 0.3 is 0 Å². The lowest BCUT2D eigenvalue weighted by Gasteiger charge is -2.26. The highest BCUT2D eigenvalue weighted by atomic mass is 19.1. The molecule has 3 aromatic rings. The molecule has 0 unspecified atom stereocenters. The summed E-state index contributed by atoms with van der Waals surface area (Å²) in [7, 11) is 0. The molecule has 118 valence electrons. The Bertz CT molecular complexity index is 804.